The molecule has 92 valence electrons. The lowest BCUT2D eigenvalue weighted by Crippen LogP contribution is -2.46. The molecule has 0 atom stereocenters. The monoisotopic (exact) mass is 227 g/mol. The highest BCUT2D eigenvalue weighted by molar-refractivity contribution is 5.86. The molecule has 0 unspecified atom stereocenters. The van der Waals surface area contributed by atoms with Gasteiger partial charge < -0.3 is 15.2 Å². The number of hydrogen-bond donors (Lipinski definition) is 2. The van der Waals surface area contributed by atoms with Crippen molar-refractivity contribution in [2.75, 3.05) is 19.8 Å². The molecule has 1 fully saturated rings. The van der Waals surface area contributed by atoms with Gasteiger partial charge in [-0.2, -0.15) is 0 Å². The summed E-state index contributed by atoms with van der Waals surface area (Å²) < 4.78 is 5.30. The van der Waals surface area contributed by atoms with Crippen LogP contribution in [0.15, 0.2) is 11.6 Å². The fourth-order valence-corrected chi connectivity index (χ4v) is 1.80. The molecule has 1 aliphatic rings. The second-order valence-electron chi connectivity index (χ2n) is 4.44. The Morgan fingerprint density at radius 3 is 2.62 bits per heavy atom. The van der Waals surface area contributed by atoms with E-state index in [1.54, 1.807) is 6.08 Å². The van der Waals surface area contributed by atoms with Crippen molar-refractivity contribution in [2.45, 2.75) is 38.6 Å². The summed E-state index contributed by atoms with van der Waals surface area (Å²) in [6.45, 7) is 6.21. The molecule has 0 aromatic carbocycles. The van der Waals surface area contributed by atoms with Crippen molar-refractivity contribution in [2.24, 2.45) is 0 Å². The number of hydrogen-bond acceptors (Lipinski definition) is 3. The van der Waals surface area contributed by atoms with Crippen LogP contribution in [0.2, 0.25) is 0 Å². The standard InChI is InChI=1S/C12H21NO3/c1-3-10(11(14)15)4-7-13-12(2)5-8-16-9-6-12/h4,13H,3,5-9H2,1-2H3,(H,14,15). The zero-order valence-corrected chi connectivity index (χ0v) is 10.1. The topological polar surface area (TPSA) is 58.6 Å². The van der Waals surface area contributed by atoms with E-state index in [1.807, 2.05) is 6.92 Å². The molecule has 2 N–H and O–H groups in total. The fourth-order valence-electron chi connectivity index (χ4n) is 1.80. The van der Waals surface area contributed by atoms with Gasteiger partial charge in [-0.05, 0) is 26.2 Å². The van der Waals surface area contributed by atoms with Gasteiger partial charge in [0.25, 0.3) is 0 Å². The minimum atomic E-state index is -0.818. The van der Waals surface area contributed by atoms with Gasteiger partial charge in [0.15, 0.2) is 0 Å². The Balaban J connectivity index is 2.41. The number of aliphatic carboxylic acids is 1. The minimum Gasteiger partial charge on any atom is -0.478 e. The molecule has 1 rings (SSSR count). The van der Waals surface area contributed by atoms with E-state index in [1.165, 1.54) is 0 Å². The molecule has 0 bridgehead atoms. The maximum atomic E-state index is 10.8. The Labute approximate surface area is 96.7 Å². The number of carboxylic acid groups (broad SMARTS) is 1. The van der Waals surface area contributed by atoms with Crippen LogP contribution in [-0.2, 0) is 9.53 Å². The summed E-state index contributed by atoms with van der Waals surface area (Å²) in [6.07, 6.45) is 4.30. The Bertz CT molecular complexity index is 267. The maximum absolute atomic E-state index is 10.8. The van der Waals surface area contributed by atoms with Crippen LogP contribution in [0.3, 0.4) is 0 Å². The van der Waals surface area contributed by atoms with Gasteiger partial charge >= 0.3 is 5.97 Å². The van der Waals surface area contributed by atoms with Gasteiger partial charge in [0.1, 0.15) is 0 Å². The van der Waals surface area contributed by atoms with Crippen molar-refractivity contribution >= 4 is 5.97 Å². The third kappa shape index (κ3) is 3.94. The predicted molar refractivity (Wildman–Crippen MR) is 62.5 cm³/mol. The van der Waals surface area contributed by atoms with Crippen molar-refractivity contribution in [3.8, 4) is 0 Å². The van der Waals surface area contributed by atoms with E-state index in [9.17, 15) is 4.79 Å². The zero-order chi connectivity index (χ0) is 12.0. The van der Waals surface area contributed by atoms with Crippen LogP contribution in [0, 0.1) is 0 Å². The molecule has 0 aromatic heterocycles. The van der Waals surface area contributed by atoms with E-state index in [2.05, 4.69) is 12.2 Å². The van der Waals surface area contributed by atoms with E-state index in [0.29, 0.717) is 18.5 Å². The number of rotatable bonds is 5. The van der Waals surface area contributed by atoms with Crippen molar-refractivity contribution in [3.63, 3.8) is 0 Å². The lowest BCUT2D eigenvalue weighted by molar-refractivity contribution is -0.132. The third-order valence-corrected chi connectivity index (χ3v) is 3.13. The summed E-state index contributed by atoms with van der Waals surface area (Å²) in [6, 6.07) is 0. The molecule has 4 heteroatoms. The van der Waals surface area contributed by atoms with Gasteiger partial charge in [0, 0.05) is 30.9 Å². The molecule has 1 heterocycles. The van der Waals surface area contributed by atoms with Crippen molar-refractivity contribution in [1.82, 2.24) is 5.32 Å². The molecule has 0 amide bonds. The summed E-state index contributed by atoms with van der Waals surface area (Å²) >= 11 is 0. The van der Waals surface area contributed by atoms with E-state index in [0.717, 1.165) is 26.1 Å². The first-order valence-corrected chi connectivity index (χ1v) is 5.82. The SMILES string of the molecule is CCC(=CCNC1(C)CCOCC1)C(=O)O. The number of ether oxygens (including phenoxy) is 1. The second kappa shape index (κ2) is 6.01. The quantitative estimate of drug-likeness (QED) is 0.700. The molecule has 0 aliphatic carbocycles. The molecule has 16 heavy (non-hydrogen) atoms. The van der Waals surface area contributed by atoms with Crippen molar-refractivity contribution in [3.05, 3.63) is 11.6 Å². The first-order valence-electron chi connectivity index (χ1n) is 5.82. The van der Waals surface area contributed by atoms with Crippen molar-refractivity contribution in [1.29, 1.82) is 0 Å². The summed E-state index contributed by atoms with van der Waals surface area (Å²) in [5.74, 6) is -0.818. The van der Waals surface area contributed by atoms with Crippen LogP contribution >= 0.6 is 0 Å². The van der Waals surface area contributed by atoms with Crippen LogP contribution in [-0.4, -0.2) is 36.4 Å². The number of carboxylic acids is 1. The van der Waals surface area contributed by atoms with Gasteiger partial charge in [-0.1, -0.05) is 13.0 Å². The average molecular weight is 227 g/mol. The third-order valence-electron chi connectivity index (χ3n) is 3.13. The first kappa shape index (κ1) is 13.2. The molecule has 0 radical (unpaired) electrons. The Hall–Kier alpha value is -0.870. The molecular formula is C12H21NO3. The normalized spacial score (nSPS) is 20.8. The first-order chi connectivity index (χ1) is 7.57. The van der Waals surface area contributed by atoms with E-state index in [4.69, 9.17) is 9.84 Å². The molecule has 0 spiro atoms. The Kier molecular flexibility index (Phi) is 4.96. The van der Waals surface area contributed by atoms with E-state index < -0.39 is 5.97 Å². The van der Waals surface area contributed by atoms with Crippen molar-refractivity contribution < 1.29 is 14.6 Å². The van der Waals surface area contributed by atoms with Crippen LogP contribution in [0.25, 0.3) is 0 Å². The van der Waals surface area contributed by atoms with Crippen LogP contribution in [0.4, 0.5) is 0 Å². The number of nitrogens with one attached hydrogen (secondary N) is 1. The minimum absolute atomic E-state index is 0.0894. The van der Waals surface area contributed by atoms with Crippen LogP contribution < -0.4 is 5.32 Å². The molecular weight excluding hydrogens is 206 g/mol. The largest absolute Gasteiger partial charge is 0.478 e. The van der Waals surface area contributed by atoms with Crippen LogP contribution in [0.1, 0.15) is 33.1 Å². The van der Waals surface area contributed by atoms with E-state index >= 15 is 0 Å². The Morgan fingerprint density at radius 2 is 2.12 bits per heavy atom. The van der Waals surface area contributed by atoms with Gasteiger partial charge in [0.2, 0.25) is 0 Å². The Morgan fingerprint density at radius 1 is 1.50 bits per heavy atom. The van der Waals surface area contributed by atoms with Crippen LogP contribution in [0.5, 0.6) is 0 Å². The van der Waals surface area contributed by atoms with Gasteiger partial charge in [-0.3, -0.25) is 0 Å². The predicted octanol–water partition coefficient (Wildman–Crippen LogP) is 1.57. The molecule has 1 saturated heterocycles. The second-order valence-corrected chi connectivity index (χ2v) is 4.44. The molecule has 0 aromatic rings. The maximum Gasteiger partial charge on any atom is 0.331 e. The van der Waals surface area contributed by atoms with Gasteiger partial charge in [0.05, 0.1) is 0 Å². The van der Waals surface area contributed by atoms with Gasteiger partial charge in [-0.15, -0.1) is 0 Å². The lowest BCUT2D eigenvalue weighted by atomic mass is 9.92. The number of carbonyl (C=O) groups is 1. The summed E-state index contributed by atoms with van der Waals surface area (Å²) in [5.41, 5.74) is 0.565. The highest BCUT2D eigenvalue weighted by Gasteiger charge is 2.25. The van der Waals surface area contributed by atoms with Gasteiger partial charge in [-0.25, -0.2) is 4.79 Å². The fraction of sp³-hybridized carbons (Fsp3) is 0.750. The highest BCUT2D eigenvalue weighted by atomic mass is 16.5. The summed E-state index contributed by atoms with van der Waals surface area (Å²) in [7, 11) is 0. The smallest absolute Gasteiger partial charge is 0.331 e. The molecule has 4 nitrogen and oxygen atoms in total. The summed E-state index contributed by atoms with van der Waals surface area (Å²) in [4.78, 5) is 10.8. The summed E-state index contributed by atoms with van der Waals surface area (Å²) in [5, 5.41) is 12.3. The molecule has 1 aliphatic heterocycles. The molecule has 0 saturated carbocycles. The average Bonchev–Trinajstić information content (AvgIpc) is 2.25. The van der Waals surface area contributed by atoms with E-state index in [-0.39, 0.29) is 5.54 Å². The highest BCUT2D eigenvalue weighted by Crippen LogP contribution is 2.19. The lowest BCUT2D eigenvalue weighted by Gasteiger charge is -2.34. The zero-order valence-electron chi connectivity index (χ0n) is 10.1.